The lowest BCUT2D eigenvalue weighted by atomic mass is 10.1. The molecule has 0 bridgehead atoms. The highest BCUT2D eigenvalue weighted by molar-refractivity contribution is 6.30. The summed E-state index contributed by atoms with van der Waals surface area (Å²) in [4.78, 5) is 4.56. The van der Waals surface area contributed by atoms with Crippen molar-refractivity contribution < 1.29 is 4.74 Å². The molecule has 0 spiro atoms. The molecule has 3 aromatic carbocycles. The van der Waals surface area contributed by atoms with Gasteiger partial charge in [0.05, 0.1) is 5.69 Å². The van der Waals surface area contributed by atoms with Crippen molar-refractivity contribution in [3.63, 3.8) is 0 Å². The molecule has 0 heterocycles. The fraction of sp³-hybridized carbons (Fsp3) is 0.174. The Morgan fingerprint density at radius 3 is 2.31 bits per heavy atom. The maximum atomic E-state index is 6.16. The van der Waals surface area contributed by atoms with Gasteiger partial charge in [-0.05, 0) is 54.8 Å². The van der Waals surface area contributed by atoms with E-state index in [4.69, 9.17) is 16.3 Å². The van der Waals surface area contributed by atoms with E-state index in [0.717, 1.165) is 29.0 Å². The average molecular weight is 364 g/mol. The molecule has 0 N–H and O–H groups in total. The molecular weight excluding hydrogens is 342 g/mol. The van der Waals surface area contributed by atoms with Crippen molar-refractivity contribution in [1.29, 1.82) is 0 Å². The fourth-order valence-electron chi connectivity index (χ4n) is 2.56. The summed E-state index contributed by atoms with van der Waals surface area (Å²) in [6.45, 7) is 4.72. The molecule has 132 valence electrons. The van der Waals surface area contributed by atoms with E-state index in [1.54, 1.807) is 6.21 Å². The Balaban J connectivity index is 1.76. The number of ether oxygens (including phenoxy) is 1. The first-order chi connectivity index (χ1) is 12.6. The summed E-state index contributed by atoms with van der Waals surface area (Å²) in [5, 5.41) is 0.662. The molecule has 26 heavy (non-hydrogen) atoms. The van der Waals surface area contributed by atoms with Crippen LogP contribution in [-0.4, -0.2) is 6.21 Å². The SMILES string of the molecule is CCc1ccc(N=Cc2cc(Cl)ccc2OCc2ccc(C)cc2)cc1. The van der Waals surface area contributed by atoms with Crippen molar-refractivity contribution in [3.05, 3.63) is 94.0 Å². The zero-order valence-electron chi connectivity index (χ0n) is 15.1. The summed E-state index contributed by atoms with van der Waals surface area (Å²) >= 11 is 6.16. The Morgan fingerprint density at radius 1 is 0.923 bits per heavy atom. The third-order valence-corrected chi connectivity index (χ3v) is 4.42. The van der Waals surface area contributed by atoms with Crippen molar-refractivity contribution >= 4 is 23.5 Å². The Kier molecular flexibility index (Phi) is 6.08. The first kappa shape index (κ1) is 18.2. The van der Waals surface area contributed by atoms with Crippen LogP contribution in [0.5, 0.6) is 5.75 Å². The van der Waals surface area contributed by atoms with E-state index in [1.165, 1.54) is 11.1 Å². The van der Waals surface area contributed by atoms with E-state index in [2.05, 4.69) is 55.2 Å². The molecule has 0 aliphatic rings. The van der Waals surface area contributed by atoms with Crippen LogP contribution in [0.1, 0.15) is 29.2 Å². The lowest BCUT2D eigenvalue weighted by Crippen LogP contribution is -1.98. The van der Waals surface area contributed by atoms with Gasteiger partial charge in [0.1, 0.15) is 12.4 Å². The van der Waals surface area contributed by atoms with Gasteiger partial charge < -0.3 is 4.74 Å². The summed E-state index contributed by atoms with van der Waals surface area (Å²) in [6, 6.07) is 22.2. The topological polar surface area (TPSA) is 21.6 Å². The minimum Gasteiger partial charge on any atom is -0.488 e. The summed E-state index contributed by atoms with van der Waals surface area (Å²) in [5.41, 5.74) is 5.44. The highest BCUT2D eigenvalue weighted by Crippen LogP contribution is 2.24. The number of nitrogens with zero attached hydrogens (tertiary/aromatic N) is 1. The molecule has 2 nitrogen and oxygen atoms in total. The number of halogens is 1. The molecule has 0 saturated carbocycles. The smallest absolute Gasteiger partial charge is 0.128 e. The van der Waals surface area contributed by atoms with E-state index in [1.807, 2.05) is 30.3 Å². The molecule has 0 radical (unpaired) electrons. The van der Waals surface area contributed by atoms with Crippen molar-refractivity contribution in [2.45, 2.75) is 26.9 Å². The van der Waals surface area contributed by atoms with Gasteiger partial charge in [-0.3, -0.25) is 4.99 Å². The molecule has 0 amide bonds. The van der Waals surface area contributed by atoms with E-state index >= 15 is 0 Å². The number of hydrogen-bond acceptors (Lipinski definition) is 2. The predicted molar refractivity (Wildman–Crippen MR) is 110 cm³/mol. The van der Waals surface area contributed by atoms with Crippen LogP contribution in [0.2, 0.25) is 5.02 Å². The Morgan fingerprint density at radius 2 is 1.62 bits per heavy atom. The first-order valence-corrected chi connectivity index (χ1v) is 9.13. The average Bonchev–Trinajstić information content (AvgIpc) is 2.67. The molecule has 0 unspecified atom stereocenters. The number of hydrogen-bond donors (Lipinski definition) is 0. The zero-order chi connectivity index (χ0) is 18.4. The van der Waals surface area contributed by atoms with Crippen LogP contribution in [0.4, 0.5) is 5.69 Å². The number of benzene rings is 3. The van der Waals surface area contributed by atoms with Crippen LogP contribution < -0.4 is 4.74 Å². The number of aliphatic imine (C=N–C) groups is 1. The maximum Gasteiger partial charge on any atom is 0.128 e. The van der Waals surface area contributed by atoms with E-state index in [-0.39, 0.29) is 0 Å². The molecule has 3 aromatic rings. The molecule has 3 heteroatoms. The molecule has 0 saturated heterocycles. The first-order valence-electron chi connectivity index (χ1n) is 8.75. The predicted octanol–water partition coefficient (Wildman–Crippen LogP) is 6.54. The van der Waals surface area contributed by atoms with Crippen molar-refractivity contribution in [3.8, 4) is 5.75 Å². The van der Waals surface area contributed by atoms with Gasteiger partial charge in [0, 0.05) is 16.8 Å². The normalized spacial score (nSPS) is 11.0. The van der Waals surface area contributed by atoms with Crippen LogP contribution in [-0.2, 0) is 13.0 Å². The molecule has 3 rings (SSSR count). The van der Waals surface area contributed by atoms with E-state index in [0.29, 0.717) is 11.6 Å². The van der Waals surface area contributed by atoms with Crippen molar-refractivity contribution in [2.24, 2.45) is 4.99 Å². The molecular formula is C23H22ClNO. The monoisotopic (exact) mass is 363 g/mol. The van der Waals surface area contributed by atoms with Gasteiger partial charge in [-0.2, -0.15) is 0 Å². The van der Waals surface area contributed by atoms with Crippen molar-refractivity contribution in [1.82, 2.24) is 0 Å². The van der Waals surface area contributed by atoms with Gasteiger partial charge in [-0.15, -0.1) is 0 Å². The fourth-order valence-corrected chi connectivity index (χ4v) is 2.74. The third-order valence-electron chi connectivity index (χ3n) is 4.18. The van der Waals surface area contributed by atoms with Crippen LogP contribution in [0.15, 0.2) is 71.7 Å². The largest absolute Gasteiger partial charge is 0.488 e. The Hall–Kier alpha value is -2.58. The second-order valence-corrected chi connectivity index (χ2v) is 6.67. The zero-order valence-corrected chi connectivity index (χ0v) is 15.8. The summed E-state index contributed by atoms with van der Waals surface area (Å²) in [7, 11) is 0. The standard InChI is InChI=1S/C23H22ClNO/c1-3-18-8-11-22(12-9-18)25-15-20-14-21(24)10-13-23(20)26-16-19-6-4-17(2)5-7-19/h4-15H,3,16H2,1-2H3. The molecule has 0 aliphatic heterocycles. The number of rotatable bonds is 6. The van der Waals surface area contributed by atoms with E-state index in [9.17, 15) is 0 Å². The highest BCUT2D eigenvalue weighted by Gasteiger charge is 2.04. The quantitative estimate of drug-likeness (QED) is 0.455. The highest BCUT2D eigenvalue weighted by atomic mass is 35.5. The maximum absolute atomic E-state index is 6.16. The second kappa shape index (κ2) is 8.68. The van der Waals surface area contributed by atoms with Crippen molar-refractivity contribution in [2.75, 3.05) is 0 Å². The van der Waals surface area contributed by atoms with Gasteiger partial charge in [0.25, 0.3) is 0 Å². The summed E-state index contributed by atoms with van der Waals surface area (Å²) in [6.07, 6.45) is 2.83. The van der Waals surface area contributed by atoms with Crippen LogP contribution in [0.25, 0.3) is 0 Å². The number of aryl methyl sites for hydroxylation is 2. The summed E-state index contributed by atoms with van der Waals surface area (Å²) in [5.74, 6) is 0.768. The lowest BCUT2D eigenvalue weighted by molar-refractivity contribution is 0.306. The second-order valence-electron chi connectivity index (χ2n) is 6.23. The van der Waals surface area contributed by atoms with Gasteiger partial charge in [-0.25, -0.2) is 0 Å². The lowest BCUT2D eigenvalue weighted by Gasteiger charge is -2.10. The van der Waals surface area contributed by atoms with E-state index < -0.39 is 0 Å². The third kappa shape index (κ3) is 4.96. The molecule has 0 aromatic heterocycles. The Labute approximate surface area is 160 Å². The van der Waals surface area contributed by atoms with Gasteiger partial charge in [0.15, 0.2) is 0 Å². The van der Waals surface area contributed by atoms with Crippen LogP contribution in [0, 0.1) is 6.92 Å². The van der Waals surface area contributed by atoms with Gasteiger partial charge in [0.2, 0.25) is 0 Å². The van der Waals surface area contributed by atoms with Crippen LogP contribution >= 0.6 is 11.6 Å². The molecule has 0 aliphatic carbocycles. The van der Waals surface area contributed by atoms with Gasteiger partial charge >= 0.3 is 0 Å². The minimum atomic E-state index is 0.508. The van der Waals surface area contributed by atoms with Gasteiger partial charge in [-0.1, -0.05) is 60.5 Å². The Bertz CT molecular complexity index is 883. The van der Waals surface area contributed by atoms with Crippen LogP contribution in [0.3, 0.4) is 0 Å². The summed E-state index contributed by atoms with van der Waals surface area (Å²) < 4.78 is 5.99. The minimum absolute atomic E-state index is 0.508. The molecule has 0 atom stereocenters. The molecule has 0 fully saturated rings.